The number of aliphatic hydroxyl groups excluding tert-OH is 1. The number of aliphatic hydroxyl groups is 1. The molecule has 1 aromatic carbocycles. The summed E-state index contributed by atoms with van der Waals surface area (Å²) in [7, 11) is 1.59. The third-order valence-electron chi connectivity index (χ3n) is 3.12. The van der Waals surface area contributed by atoms with Crippen LogP contribution >= 0.6 is 0 Å². The normalized spacial score (nSPS) is 12.1. The van der Waals surface area contributed by atoms with Gasteiger partial charge < -0.3 is 9.84 Å². The molecule has 0 radical (unpaired) electrons. The smallest absolute Gasteiger partial charge is 0.143 e. The molecule has 0 spiro atoms. The molecule has 1 atom stereocenters. The molecule has 3 heteroatoms. The Labute approximate surface area is 113 Å². The second-order valence-electron chi connectivity index (χ2n) is 4.48. The first kappa shape index (κ1) is 13.6. The Hall–Kier alpha value is -1.87. The van der Waals surface area contributed by atoms with E-state index in [1.54, 1.807) is 19.4 Å². The highest BCUT2D eigenvalue weighted by Gasteiger charge is 2.13. The van der Waals surface area contributed by atoms with Crippen LogP contribution in [0.25, 0.3) is 0 Å². The molecule has 2 aromatic rings. The van der Waals surface area contributed by atoms with E-state index in [-0.39, 0.29) is 0 Å². The monoisotopic (exact) mass is 257 g/mol. The molecular formula is C16H19NO2. The van der Waals surface area contributed by atoms with Crippen LogP contribution in [-0.4, -0.2) is 17.2 Å². The maximum atomic E-state index is 10.2. The van der Waals surface area contributed by atoms with E-state index >= 15 is 0 Å². The number of rotatable bonds is 6. The van der Waals surface area contributed by atoms with Crippen LogP contribution in [0.4, 0.5) is 0 Å². The van der Waals surface area contributed by atoms with Gasteiger partial charge in [0, 0.05) is 6.20 Å². The van der Waals surface area contributed by atoms with Crippen LogP contribution < -0.4 is 4.74 Å². The van der Waals surface area contributed by atoms with Crippen molar-refractivity contribution in [2.24, 2.45) is 0 Å². The van der Waals surface area contributed by atoms with Crippen molar-refractivity contribution >= 4 is 0 Å². The van der Waals surface area contributed by atoms with Crippen molar-refractivity contribution in [2.45, 2.75) is 25.4 Å². The van der Waals surface area contributed by atoms with Gasteiger partial charge in [0.05, 0.1) is 13.2 Å². The van der Waals surface area contributed by atoms with Gasteiger partial charge in [-0.25, -0.2) is 0 Å². The Balaban J connectivity index is 1.89. The van der Waals surface area contributed by atoms with Crippen molar-refractivity contribution in [3.63, 3.8) is 0 Å². The summed E-state index contributed by atoms with van der Waals surface area (Å²) in [5.74, 6) is 0.648. The first-order chi connectivity index (χ1) is 9.31. The van der Waals surface area contributed by atoms with Crippen molar-refractivity contribution in [1.82, 2.24) is 4.98 Å². The molecule has 19 heavy (non-hydrogen) atoms. The van der Waals surface area contributed by atoms with Gasteiger partial charge in [-0.3, -0.25) is 4.98 Å². The Morgan fingerprint density at radius 1 is 1.16 bits per heavy atom. The minimum Gasteiger partial charge on any atom is -0.495 e. The number of aromatic nitrogens is 1. The molecule has 2 rings (SSSR count). The molecule has 0 aliphatic carbocycles. The summed E-state index contributed by atoms with van der Waals surface area (Å²) in [5, 5.41) is 10.2. The lowest BCUT2D eigenvalue weighted by molar-refractivity contribution is 0.155. The number of hydrogen-bond donors (Lipinski definition) is 1. The summed E-state index contributed by atoms with van der Waals surface area (Å²) in [6.45, 7) is 0. The number of pyridine rings is 1. The van der Waals surface area contributed by atoms with Crippen LogP contribution in [0, 0.1) is 0 Å². The molecular weight excluding hydrogens is 238 g/mol. The minimum absolute atomic E-state index is 0.570. The third-order valence-corrected chi connectivity index (χ3v) is 3.12. The molecule has 100 valence electrons. The van der Waals surface area contributed by atoms with Crippen molar-refractivity contribution in [2.75, 3.05) is 7.11 Å². The van der Waals surface area contributed by atoms with E-state index in [1.807, 2.05) is 24.3 Å². The molecule has 0 aliphatic rings. The van der Waals surface area contributed by atoms with Crippen molar-refractivity contribution in [3.8, 4) is 5.75 Å². The van der Waals surface area contributed by atoms with E-state index in [4.69, 9.17) is 4.74 Å². The molecule has 0 amide bonds. The van der Waals surface area contributed by atoms with Gasteiger partial charge in [-0.05, 0) is 37.0 Å². The highest BCUT2D eigenvalue weighted by atomic mass is 16.5. The van der Waals surface area contributed by atoms with Crippen molar-refractivity contribution in [1.29, 1.82) is 0 Å². The topological polar surface area (TPSA) is 42.4 Å². The molecule has 1 heterocycles. The average molecular weight is 257 g/mol. The van der Waals surface area contributed by atoms with E-state index in [1.165, 1.54) is 5.56 Å². The first-order valence-corrected chi connectivity index (χ1v) is 6.52. The van der Waals surface area contributed by atoms with Crippen LogP contribution in [0.2, 0.25) is 0 Å². The second-order valence-corrected chi connectivity index (χ2v) is 4.48. The van der Waals surface area contributed by atoms with E-state index in [9.17, 15) is 5.11 Å². The standard InChI is InChI=1S/C16H19NO2/c1-19-15-11-6-12-17-16(15)14(18)10-5-9-13-7-3-2-4-8-13/h2-4,6-8,11-12,14,18H,5,9-10H2,1H3. The van der Waals surface area contributed by atoms with Crippen molar-refractivity contribution < 1.29 is 9.84 Å². The van der Waals surface area contributed by atoms with E-state index < -0.39 is 6.10 Å². The fraction of sp³-hybridized carbons (Fsp3) is 0.312. The van der Waals surface area contributed by atoms with Gasteiger partial charge >= 0.3 is 0 Å². The highest BCUT2D eigenvalue weighted by Crippen LogP contribution is 2.25. The summed E-state index contributed by atoms with van der Waals surface area (Å²) in [5.41, 5.74) is 1.92. The quantitative estimate of drug-likeness (QED) is 0.864. The van der Waals surface area contributed by atoms with Gasteiger partial charge in [-0.1, -0.05) is 30.3 Å². The number of aryl methyl sites for hydroxylation is 1. The Bertz CT molecular complexity index is 499. The van der Waals surface area contributed by atoms with Gasteiger partial charge in [0.15, 0.2) is 0 Å². The number of methoxy groups -OCH3 is 1. The van der Waals surface area contributed by atoms with E-state index in [0.29, 0.717) is 17.9 Å². The lowest BCUT2D eigenvalue weighted by Crippen LogP contribution is -2.03. The summed E-state index contributed by atoms with van der Waals surface area (Å²) < 4.78 is 5.21. The van der Waals surface area contributed by atoms with Crippen LogP contribution in [0.15, 0.2) is 48.7 Å². The molecule has 0 bridgehead atoms. The second kappa shape index (κ2) is 6.90. The van der Waals surface area contributed by atoms with E-state index in [0.717, 1.165) is 12.8 Å². The Morgan fingerprint density at radius 3 is 2.68 bits per heavy atom. The van der Waals surface area contributed by atoms with Gasteiger partial charge in [0.1, 0.15) is 11.4 Å². The van der Waals surface area contributed by atoms with E-state index in [2.05, 4.69) is 17.1 Å². The maximum absolute atomic E-state index is 10.2. The minimum atomic E-state index is -0.570. The lowest BCUT2D eigenvalue weighted by atomic mass is 10.0. The molecule has 3 nitrogen and oxygen atoms in total. The molecule has 1 N–H and O–H groups in total. The fourth-order valence-electron chi connectivity index (χ4n) is 2.11. The zero-order valence-electron chi connectivity index (χ0n) is 11.1. The fourth-order valence-corrected chi connectivity index (χ4v) is 2.11. The predicted molar refractivity (Wildman–Crippen MR) is 75.1 cm³/mol. The summed E-state index contributed by atoms with van der Waals surface area (Å²) in [6, 6.07) is 13.9. The Morgan fingerprint density at radius 2 is 1.95 bits per heavy atom. The van der Waals surface area contributed by atoms with Crippen LogP contribution in [0.5, 0.6) is 5.75 Å². The van der Waals surface area contributed by atoms with Crippen LogP contribution in [0.1, 0.15) is 30.2 Å². The number of hydrogen-bond acceptors (Lipinski definition) is 3. The first-order valence-electron chi connectivity index (χ1n) is 6.52. The largest absolute Gasteiger partial charge is 0.495 e. The lowest BCUT2D eigenvalue weighted by Gasteiger charge is -2.13. The molecule has 1 aromatic heterocycles. The number of ether oxygens (including phenoxy) is 1. The van der Waals surface area contributed by atoms with Crippen LogP contribution in [-0.2, 0) is 6.42 Å². The van der Waals surface area contributed by atoms with Crippen molar-refractivity contribution in [3.05, 3.63) is 59.9 Å². The van der Waals surface area contributed by atoms with Gasteiger partial charge in [-0.2, -0.15) is 0 Å². The van der Waals surface area contributed by atoms with Gasteiger partial charge in [-0.15, -0.1) is 0 Å². The Kier molecular flexibility index (Phi) is 4.93. The third kappa shape index (κ3) is 3.80. The molecule has 1 unspecified atom stereocenters. The number of nitrogens with zero attached hydrogens (tertiary/aromatic N) is 1. The summed E-state index contributed by atoms with van der Waals surface area (Å²) in [4.78, 5) is 4.20. The summed E-state index contributed by atoms with van der Waals surface area (Å²) in [6.07, 6.45) is 3.68. The SMILES string of the molecule is COc1cccnc1C(O)CCCc1ccccc1. The van der Waals surface area contributed by atoms with Gasteiger partial charge in [0.2, 0.25) is 0 Å². The zero-order valence-corrected chi connectivity index (χ0v) is 11.1. The van der Waals surface area contributed by atoms with Crippen LogP contribution in [0.3, 0.4) is 0 Å². The molecule has 0 fully saturated rings. The predicted octanol–water partition coefficient (Wildman–Crippen LogP) is 3.15. The zero-order chi connectivity index (χ0) is 13.5. The maximum Gasteiger partial charge on any atom is 0.143 e. The highest BCUT2D eigenvalue weighted by molar-refractivity contribution is 5.28. The molecule has 0 saturated heterocycles. The van der Waals surface area contributed by atoms with Gasteiger partial charge in [0.25, 0.3) is 0 Å². The summed E-state index contributed by atoms with van der Waals surface area (Å²) >= 11 is 0. The molecule has 0 saturated carbocycles. The number of benzene rings is 1. The molecule has 0 aliphatic heterocycles. The average Bonchev–Trinajstić information content (AvgIpc) is 2.48.